The fraction of sp³-hybridized carbons (Fsp3) is 0.250. The molecule has 1 amide bonds. The largest absolute Gasteiger partial charge is 0.356 e. The summed E-state index contributed by atoms with van der Waals surface area (Å²) >= 11 is 0. The minimum atomic E-state index is -0.507. The molecule has 2 aromatic heterocycles. The highest BCUT2D eigenvalue weighted by molar-refractivity contribution is 5.94. The van der Waals surface area contributed by atoms with Crippen molar-refractivity contribution in [2.45, 2.75) is 39.3 Å². The van der Waals surface area contributed by atoms with Crippen molar-refractivity contribution < 1.29 is 9.32 Å². The molecule has 1 atom stereocenters. The number of benzene rings is 2. The lowest BCUT2D eigenvalue weighted by atomic mass is 10.0. The Morgan fingerprint density at radius 3 is 2.50 bits per heavy atom. The van der Waals surface area contributed by atoms with Crippen molar-refractivity contribution in [1.29, 1.82) is 10.5 Å². The average molecular weight is 480 g/mol. The molecule has 36 heavy (non-hydrogen) atoms. The molecule has 0 N–H and O–H groups in total. The third-order valence-electron chi connectivity index (χ3n) is 6.21. The number of carbonyl (C=O) groups is 1. The van der Waals surface area contributed by atoms with Crippen molar-refractivity contribution in [2.75, 3.05) is 6.54 Å². The topological polar surface area (TPSA) is 116 Å². The van der Waals surface area contributed by atoms with Crippen molar-refractivity contribution in [1.82, 2.24) is 14.6 Å². The lowest BCUT2D eigenvalue weighted by Crippen LogP contribution is -2.38. The second-order valence-electron chi connectivity index (χ2n) is 8.47. The van der Waals surface area contributed by atoms with E-state index >= 15 is 0 Å². The quantitative estimate of drug-likeness (QED) is 0.361. The summed E-state index contributed by atoms with van der Waals surface area (Å²) in [5, 5.41) is 22.8. The number of carbonyl (C=O) groups excluding carboxylic acids is 1. The number of pyridine rings is 1. The molecule has 4 aromatic rings. The number of fused-ring (bicyclic) bond motifs is 1. The van der Waals surface area contributed by atoms with Gasteiger partial charge in [0.05, 0.1) is 42.4 Å². The third-order valence-corrected chi connectivity index (χ3v) is 6.21. The number of amides is 1. The van der Waals surface area contributed by atoms with Crippen LogP contribution in [0.5, 0.6) is 0 Å². The molecule has 4 rings (SSSR count). The Kier molecular flexibility index (Phi) is 7.27. The van der Waals surface area contributed by atoms with Crippen molar-refractivity contribution in [2.24, 2.45) is 0 Å². The Labute approximate surface area is 208 Å². The first-order valence-corrected chi connectivity index (χ1v) is 11.7. The van der Waals surface area contributed by atoms with Gasteiger partial charge in [-0.25, -0.2) is 0 Å². The minimum Gasteiger partial charge on any atom is -0.356 e. The zero-order valence-corrected chi connectivity index (χ0v) is 20.1. The Morgan fingerprint density at radius 1 is 1.14 bits per heavy atom. The second-order valence-corrected chi connectivity index (χ2v) is 8.47. The zero-order chi connectivity index (χ0) is 25.7. The van der Waals surface area contributed by atoms with E-state index in [9.17, 15) is 14.9 Å². The molecule has 0 fully saturated rings. The van der Waals surface area contributed by atoms with Crippen LogP contribution in [0, 0.1) is 29.6 Å². The smallest absolute Gasteiger partial charge is 0.264 e. The number of hydrogen-bond acceptors (Lipinski definition) is 6. The average Bonchev–Trinajstić information content (AvgIpc) is 3.29. The summed E-state index contributed by atoms with van der Waals surface area (Å²) < 4.78 is 7.12. The number of aryl methyl sites for hydroxylation is 1. The van der Waals surface area contributed by atoms with Gasteiger partial charge in [-0.15, -0.1) is 0 Å². The van der Waals surface area contributed by atoms with E-state index in [2.05, 4.69) is 11.2 Å². The highest BCUT2D eigenvalue weighted by Crippen LogP contribution is 2.29. The number of hydrogen-bond donors (Lipinski definition) is 0. The number of nitrogens with zero attached hydrogens (tertiary/aromatic N) is 5. The lowest BCUT2D eigenvalue weighted by molar-refractivity contribution is 0.0667. The first kappa shape index (κ1) is 24.4. The van der Waals surface area contributed by atoms with Gasteiger partial charge in [0, 0.05) is 23.9 Å². The molecule has 0 saturated heterocycles. The fourth-order valence-electron chi connectivity index (χ4n) is 4.43. The van der Waals surface area contributed by atoms with Gasteiger partial charge in [-0.3, -0.25) is 9.59 Å². The maximum atomic E-state index is 13.7. The van der Waals surface area contributed by atoms with Crippen LogP contribution in [0.1, 0.15) is 58.7 Å². The van der Waals surface area contributed by atoms with Crippen molar-refractivity contribution >= 4 is 16.9 Å². The molecule has 1 unspecified atom stereocenters. The summed E-state index contributed by atoms with van der Waals surface area (Å²) in [4.78, 5) is 29.0. The maximum absolute atomic E-state index is 13.7. The highest BCUT2D eigenvalue weighted by atomic mass is 16.5. The Hall–Kier alpha value is -4.69. The monoisotopic (exact) mass is 479 g/mol. The van der Waals surface area contributed by atoms with Gasteiger partial charge in [0.2, 0.25) is 0 Å². The Bertz CT molecular complexity index is 1520. The van der Waals surface area contributed by atoms with E-state index in [1.807, 2.05) is 43.3 Å². The first-order chi connectivity index (χ1) is 17.5. The van der Waals surface area contributed by atoms with Crippen LogP contribution in [-0.2, 0) is 6.54 Å². The van der Waals surface area contributed by atoms with Crippen LogP contribution in [0.2, 0.25) is 0 Å². The normalized spacial score (nSPS) is 11.6. The summed E-state index contributed by atoms with van der Waals surface area (Å²) in [6, 6.07) is 21.4. The molecule has 0 bridgehead atoms. The van der Waals surface area contributed by atoms with Crippen LogP contribution < -0.4 is 5.56 Å². The summed E-state index contributed by atoms with van der Waals surface area (Å²) in [5.41, 5.74) is 3.02. The van der Waals surface area contributed by atoms with Gasteiger partial charge in [-0.1, -0.05) is 42.4 Å². The predicted octanol–water partition coefficient (Wildman–Crippen LogP) is 4.73. The molecule has 0 aliphatic carbocycles. The van der Waals surface area contributed by atoms with E-state index in [0.29, 0.717) is 46.4 Å². The first-order valence-electron chi connectivity index (χ1n) is 11.7. The molecular weight excluding hydrogens is 454 g/mol. The molecular formula is C28H25N5O3. The molecule has 0 aliphatic heterocycles. The van der Waals surface area contributed by atoms with Crippen molar-refractivity contribution in [3.8, 4) is 12.1 Å². The highest BCUT2D eigenvalue weighted by Gasteiger charge is 2.29. The van der Waals surface area contributed by atoms with Gasteiger partial charge in [0.25, 0.3) is 11.5 Å². The van der Waals surface area contributed by atoms with E-state index in [-0.39, 0.29) is 24.4 Å². The molecule has 8 nitrogen and oxygen atoms in total. The van der Waals surface area contributed by atoms with Crippen LogP contribution in [-0.4, -0.2) is 27.1 Å². The van der Waals surface area contributed by atoms with E-state index < -0.39 is 6.04 Å². The number of rotatable bonds is 8. The Morgan fingerprint density at radius 2 is 1.86 bits per heavy atom. The van der Waals surface area contributed by atoms with Crippen molar-refractivity contribution in [3.05, 3.63) is 99.1 Å². The van der Waals surface area contributed by atoms with Crippen molar-refractivity contribution in [3.63, 3.8) is 0 Å². The second kappa shape index (κ2) is 10.7. The van der Waals surface area contributed by atoms with Crippen LogP contribution in [0.3, 0.4) is 0 Å². The molecule has 2 heterocycles. The van der Waals surface area contributed by atoms with E-state index in [1.165, 1.54) is 0 Å². The van der Waals surface area contributed by atoms with Crippen LogP contribution >= 0.6 is 0 Å². The Balaban J connectivity index is 1.87. The van der Waals surface area contributed by atoms with Gasteiger partial charge in [-0.2, -0.15) is 10.5 Å². The van der Waals surface area contributed by atoms with Gasteiger partial charge in [-0.05, 0) is 43.2 Å². The molecule has 180 valence electrons. The summed E-state index contributed by atoms with van der Waals surface area (Å²) in [6.45, 7) is 4.15. The predicted molar refractivity (Wildman–Crippen MR) is 134 cm³/mol. The molecule has 0 aliphatic rings. The van der Waals surface area contributed by atoms with Crippen LogP contribution in [0.25, 0.3) is 11.0 Å². The molecule has 0 radical (unpaired) electrons. The lowest BCUT2D eigenvalue weighted by Gasteiger charge is -2.32. The van der Waals surface area contributed by atoms with E-state index in [0.717, 1.165) is 5.56 Å². The van der Waals surface area contributed by atoms with E-state index in [4.69, 9.17) is 9.78 Å². The van der Waals surface area contributed by atoms with Crippen LogP contribution in [0.15, 0.2) is 70.0 Å². The molecule has 8 heteroatoms. The molecule has 2 aromatic carbocycles. The number of aromatic nitrogens is 2. The van der Waals surface area contributed by atoms with Gasteiger partial charge in [0.15, 0.2) is 5.58 Å². The molecule has 0 saturated carbocycles. The van der Waals surface area contributed by atoms with Gasteiger partial charge in [0.1, 0.15) is 5.39 Å². The minimum absolute atomic E-state index is 0.130. The fourth-order valence-corrected chi connectivity index (χ4v) is 4.43. The summed E-state index contributed by atoms with van der Waals surface area (Å²) in [7, 11) is 0. The third kappa shape index (κ3) is 4.75. The van der Waals surface area contributed by atoms with Gasteiger partial charge >= 0.3 is 0 Å². The maximum Gasteiger partial charge on any atom is 0.264 e. The molecule has 0 spiro atoms. The summed E-state index contributed by atoms with van der Waals surface area (Å²) in [5.74, 6) is -0.283. The SMILES string of the molecule is CCC(c1cc2onc(C)c2c(=O)n1Cc1ccccc1)N(CCC#N)C(=O)c1ccc(C#N)cc1. The van der Waals surface area contributed by atoms with Crippen LogP contribution in [0.4, 0.5) is 0 Å². The zero-order valence-electron chi connectivity index (χ0n) is 20.1. The summed E-state index contributed by atoms with van der Waals surface area (Å²) in [6.07, 6.45) is 0.630. The number of nitriles is 2. The van der Waals surface area contributed by atoms with Gasteiger partial charge < -0.3 is 14.0 Å². The van der Waals surface area contributed by atoms with E-state index in [1.54, 1.807) is 46.7 Å². The standard InChI is InChI=1S/C28H25N5O3/c1-3-23(32(15-7-14-29)27(34)22-12-10-20(17-30)11-13-22)24-16-25-26(19(2)31-36-25)28(35)33(24)18-21-8-5-4-6-9-21/h4-6,8-13,16,23H,3,7,15,18H2,1-2H3.